The molecule has 1 aliphatic carbocycles. The first kappa shape index (κ1) is 27.3. The van der Waals surface area contributed by atoms with E-state index in [1.165, 1.54) is 19.2 Å². The highest BCUT2D eigenvalue weighted by Gasteiger charge is 2.32. The molecule has 38 heavy (non-hydrogen) atoms. The summed E-state index contributed by atoms with van der Waals surface area (Å²) in [6.45, 7) is 1.70. The first-order valence-corrected chi connectivity index (χ1v) is 12.0. The molecule has 1 saturated carbocycles. The van der Waals surface area contributed by atoms with Gasteiger partial charge in [-0.25, -0.2) is 13.2 Å². The lowest BCUT2D eigenvalue weighted by atomic mass is 9.78. The quantitative estimate of drug-likeness (QED) is 0.178. The van der Waals surface area contributed by atoms with Gasteiger partial charge in [0.05, 0.1) is 19.6 Å². The number of benzene rings is 3. The number of carbonyl (C=O) groups is 1. The summed E-state index contributed by atoms with van der Waals surface area (Å²) in [6, 6.07) is 6.99. The van der Waals surface area contributed by atoms with Crippen molar-refractivity contribution in [1.29, 1.82) is 0 Å². The van der Waals surface area contributed by atoms with Crippen molar-refractivity contribution in [2.45, 2.75) is 38.5 Å². The minimum atomic E-state index is -1.35. The lowest BCUT2D eigenvalue weighted by molar-refractivity contribution is -0.140. The lowest BCUT2D eigenvalue weighted by Gasteiger charge is -2.28. The van der Waals surface area contributed by atoms with Crippen molar-refractivity contribution in [3.63, 3.8) is 0 Å². The Bertz CT molecular complexity index is 1350. The van der Waals surface area contributed by atoms with E-state index in [0.717, 1.165) is 24.3 Å². The Hall–Kier alpha value is -3.69. The van der Waals surface area contributed by atoms with Crippen LogP contribution in [0.4, 0.5) is 26.3 Å². The predicted octanol–water partition coefficient (Wildman–Crippen LogP) is 7.47. The van der Waals surface area contributed by atoms with Gasteiger partial charge in [-0.2, -0.15) is 13.2 Å². The Kier molecular flexibility index (Phi) is 8.18. The smallest absolute Gasteiger partial charge is 0.314 e. The molecule has 0 atom stereocenters. The second-order valence-electron chi connectivity index (χ2n) is 8.87. The maximum absolute atomic E-state index is 15.1. The van der Waals surface area contributed by atoms with Gasteiger partial charge >= 0.3 is 5.97 Å². The number of hydrogen-bond donors (Lipinski definition) is 0. The molecule has 3 aromatic rings. The van der Waals surface area contributed by atoms with Gasteiger partial charge in [0, 0.05) is 11.1 Å². The largest absolute Gasteiger partial charge is 0.494 e. The Morgan fingerprint density at radius 3 is 1.87 bits per heavy atom. The summed E-state index contributed by atoms with van der Waals surface area (Å²) in [5.74, 6) is -10.9. The van der Waals surface area contributed by atoms with Crippen molar-refractivity contribution in [2.75, 3.05) is 13.7 Å². The van der Waals surface area contributed by atoms with Gasteiger partial charge in [-0.15, -0.1) is 0 Å². The standard InChI is InChI=1S/C28H24F6O4/c1-3-37-20-11-10-18(24(31)26(20)33)17-9-8-16(22(29)23(17)30)14-4-6-15(7-5-14)28(35)38-21-13-12-19(36-2)25(32)27(21)34/h8-15H,3-7H2,1-2H3. The topological polar surface area (TPSA) is 44.8 Å². The van der Waals surface area contributed by atoms with Gasteiger partial charge in [-0.3, -0.25) is 4.79 Å². The van der Waals surface area contributed by atoms with Crippen LogP contribution in [0, 0.1) is 40.8 Å². The molecule has 3 aromatic carbocycles. The van der Waals surface area contributed by atoms with Crippen LogP contribution in [0.3, 0.4) is 0 Å². The molecule has 1 aliphatic rings. The van der Waals surface area contributed by atoms with Gasteiger partial charge < -0.3 is 14.2 Å². The molecule has 0 N–H and O–H groups in total. The zero-order valence-electron chi connectivity index (χ0n) is 20.6. The summed E-state index contributed by atoms with van der Waals surface area (Å²) in [5, 5.41) is 0. The van der Waals surface area contributed by atoms with Crippen LogP contribution >= 0.6 is 0 Å². The van der Waals surface area contributed by atoms with Gasteiger partial charge in [0.15, 0.2) is 34.7 Å². The fourth-order valence-corrected chi connectivity index (χ4v) is 4.68. The average molecular weight is 538 g/mol. The van der Waals surface area contributed by atoms with Crippen molar-refractivity contribution in [3.8, 4) is 28.4 Å². The molecule has 0 amide bonds. The summed E-state index contributed by atoms with van der Waals surface area (Å²) < 4.78 is 102. The molecule has 4 nitrogen and oxygen atoms in total. The van der Waals surface area contributed by atoms with Gasteiger partial charge in [-0.1, -0.05) is 12.1 Å². The Labute approximate surface area is 215 Å². The maximum Gasteiger partial charge on any atom is 0.314 e. The summed E-state index contributed by atoms with van der Waals surface area (Å²) in [5.41, 5.74) is -0.826. The minimum absolute atomic E-state index is 0.0492. The van der Waals surface area contributed by atoms with Crippen LogP contribution in [0.1, 0.15) is 44.1 Å². The van der Waals surface area contributed by atoms with Crippen LogP contribution in [0.15, 0.2) is 36.4 Å². The van der Waals surface area contributed by atoms with E-state index in [0.29, 0.717) is 12.8 Å². The van der Waals surface area contributed by atoms with Crippen molar-refractivity contribution in [3.05, 3.63) is 76.9 Å². The van der Waals surface area contributed by atoms with Crippen LogP contribution in [0.5, 0.6) is 17.2 Å². The molecule has 4 rings (SSSR count). The number of methoxy groups -OCH3 is 1. The number of rotatable bonds is 7. The third-order valence-electron chi connectivity index (χ3n) is 6.69. The zero-order valence-corrected chi connectivity index (χ0v) is 20.6. The molecule has 0 saturated heterocycles. The normalized spacial score (nSPS) is 17.3. The molecule has 0 heterocycles. The highest BCUT2D eigenvalue weighted by Crippen LogP contribution is 2.40. The molecule has 0 unspecified atom stereocenters. The maximum atomic E-state index is 15.1. The second kappa shape index (κ2) is 11.4. The number of carbonyl (C=O) groups excluding carboxylic acids is 1. The van der Waals surface area contributed by atoms with E-state index in [1.807, 2.05) is 0 Å². The molecule has 0 aliphatic heterocycles. The van der Waals surface area contributed by atoms with E-state index >= 15 is 4.39 Å². The van der Waals surface area contributed by atoms with Crippen LogP contribution in [-0.2, 0) is 4.79 Å². The molecular weight excluding hydrogens is 514 g/mol. The molecule has 202 valence electrons. The third kappa shape index (κ3) is 5.16. The highest BCUT2D eigenvalue weighted by molar-refractivity contribution is 5.75. The van der Waals surface area contributed by atoms with Crippen LogP contribution < -0.4 is 14.2 Å². The van der Waals surface area contributed by atoms with E-state index in [9.17, 15) is 26.7 Å². The van der Waals surface area contributed by atoms with Crippen LogP contribution in [0.2, 0.25) is 0 Å². The Morgan fingerprint density at radius 2 is 1.24 bits per heavy atom. The number of ether oxygens (including phenoxy) is 3. The summed E-state index contributed by atoms with van der Waals surface area (Å²) in [7, 11) is 1.17. The number of halogens is 6. The summed E-state index contributed by atoms with van der Waals surface area (Å²) in [4.78, 5) is 12.5. The first-order chi connectivity index (χ1) is 18.2. The van der Waals surface area contributed by atoms with E-state index < -0.39 is 69.6 Å². The van der Waals surface area contributed by atoms with E-state index in [2.05, 4.69) is 4.74 Å². The lowest BCUT2D eigenvalue weighted by Crippen LogP contribution is -2.26. The fourth-order valence-electron chi connectivity index (χ4n) is 4.68. The average Bonchev–Trinajstić information content (AvgIpc) is 2.92. The number of esters is 1. The van der Waals surface area contributed by atoms with Gasteiger partial charge in [0.1, 0.15) is 0 Å². The minimum Gasteiger partial charge on any atom is -0.494 e. The first-order valence-electron chi connectivity index (χ1n) is 12.0. The summed E-state index contributed by atoms with van der Waals surface area (Å²) >= 11 is 0. The molecule has 0 radical (unpaired) electrons. The molecular formula is C28H24F6O4. The highest BCUT2D eigenvalue weighted by atomic mass is 19.2. The third-order valence-corrected chi connectivity index (χ3v) is 6.69. The zero-order chi connectivity index (χ0) is 27.6. The molecule has 0 aromatic heterocycles. The van der Waals surface area contributed by atoms with Crippen molar-refractivity contribution < 1.29 is 45.3 Å². The SMILES string of the molecule is CCOc1ccc(-c2ccc(C3CCC(C(=O)Oc4ccc(OC)c(F)c4F)CC3)c(F)c2F)c(F)c1F. The van der Waals surface area contributed by atoms with E-state index in [1.54, 1.807) is 6.92 Å². The molecule has 0 bridgehead atoms. The molecule has 10 heteroatoms. The second-order valence-corrected chi connectivity index (χ2v) is 8.87. The number of hydrogen-bond acceptors (Lipinski definition) is 4. The Morgan fingerprint density at radius 1 is 0.711 bits per heavy atom. The van der Waals surface area contributed by atoms with E-state index in [4.69, 9.17) is 9.47 Å². The van der Waals surface area contributed by atoms with Crippen LogP contribution in [0.25, 0.3) is 11.1 Å². The molecule has 1 fully saturated rings. The van der Waals surface area contributed by atoms with Crippen molar-refractivity contribution >= 4 is 5.97 Å². The van der Waals surface area contributed by atoms with Crippen molar-refractivity contribution in [1.82, 2.24) is 0 Å². The van der Waals surface area contributed by atoms with Gasteiger partial charge in [0.25, 0.3) is 0 Å². The van der Waals surface area contributed by atoms with Crippen LogP contribution in [-0.4, -0.2) is 19.7 Å². The Balaban J connectivity index is 1.46. The molecule has 0 spiro atoms. The predicted molar refractivity (Wildman–Crippen MR) is 126 cm³/mol. The van der Waals surface area contributed by atoms with Gasteiger partial charge in [-0.05, 0) is 68.4 Å². The van der Waals surface area contributed by atoms with Crippen molar-refractivity contribution in [2.24, 2.45) is 5.92 Å². The van der Waals surface area contributed by atoms with E-state index in [-0.39, 0.29) is 36.5 Å². The monoisotopic (exact) mass is 538 g/mol. The van der Waals surface area contributed by atoms with Gasteiger partial charge in [0.2, 0.25) is 17.5 Å². The summed E-state index contributed by atoms with van der Waals surface area (Å²) in [6.07, 6.45) is 1.07. The fraction of sp³-hybridized carbons (Fsp3) is 0.321.